The van der Waals surface area contributed by atoms with Gasteiger partial charge in [-0.3, -0.25) is 14.3 Å². The third-order valence-corrected chi connectivity index (χ3v) is 5.29. The van der Waals surface area contributed by atoms with Gasteiger partial charge in [0.1, 0.15) is 0 Å². The number of carbonyl (C=O) groups excluding carboxylic acids is 2. The van der Waals surface area contributed by atoms with E-state index >= 15 is 0 Å². The van der Waals surface area contributed by atoms with E-state index in [4.69, 9.17) is 0 Å². The van der Waals surface area contributed by atoms with E-state index in [2.05, 4.69) is 5.10 Å². The molecule has 5 heteroatoms. The Labute approximate surface area is 158 Å². The molecule has 4 rings (SSSR count). The molecule has 0 aliphatic carbocycles. The largest absolute Gasteiger partial charge is 0.342 e. The first kappa shape index (κ1) is 17.5. The van der Waals surface area contributed by atoms with E-state index in [9.17, 15) is 9.59 Å². The first-order valence-electron chi connectivity index (χ1n) is 9.49. The zero-order valence-corrected chi connectivity index (χ0v) is 15.3. The second kappa shape index (κ2) is 7.74. The summed E-state index contributed by atoms with van der Waals surface area (Å²) in [6.07, 6.45) is 5.70. The Balaban J connectivity index is 1.42. The summed E-state index contributed by atoms with van der Waals surface area (Å²) in [5.41, 5.74) is 0.740. The fourth-order valence-electron chi connectivity index (χ4n) is 3.80. The molecule has 1 amide bonds. The highest BCUT2D eigenvalue weighted by molar-refractivity contribution is 6.01. The van der Waals surface area contributed by atoms with Gasteiger partial charge in [-0.15, -0.1) is 0 Å². The molecule has 1 saturated heterocycles. The Morgan fingerprint density at radius 1 is 1.07 bits per heavy atom. The highest BCUT2D eigenvalue weighted by Gasteiger charge is 2.28. The van der Waals surface area contributed by atoms with Crippen molar-refractivity contribution < 1.29 is 9.59 Å². The molecule has 1 fully saturated rings. The van der Waals surface area contributed by atoms with Gasteiger partial charge in [0.2, 0.25) is 5.91 Å². The minimum atomic E-state index is -0.117. The number of aryl methyl sites for hydroxylation is 1. The van der Waals surface area contributed by atoms with Crippen molar-refractivity contribution in [1.82, 2.24) is 14.7 Å². The summed E-state index contributed by atoms with van der Waals surface area (Å²) in [7, 11) is 0. The van der Waals surface area contributed by atoms with E-state index < -0.39 is 0 Å². The van der Waals surface area contributed by atoms with Gasteiger partial charge in [-0.1, -0.05) is 36.4 Å². The van der Waals surface area contributed by atoms with Gasteiger partial charge >= 0.3 is 0 Å². The number of likely N-dealkylation sites (tertiary alicyclic amines) is 1. The predicted octanol–water partition coefficient (Wildman–Crippen LogP) is 3.55. The summed E-state index contributed by atoms with van der Waals surface area (Å²) in [6, 6.07) is 15.8. The van der Waals surface area contributed by atoms with Crippen molar-refractivity contribution in [2.75, 3.05) is 13.1 Å². The number of benzene rings is 2. The molecule has 5 nitrogen and oxygen atoms in total. The number of hydrogen-bond acceptors (Lipinski definition) is 3. The SMILES string of the molecule is O=C(c1ccc2ccccc2c1)[C@H]1CCCN(C(=O)CCn2cccn2)C1. The van der Waals surface area contributed by atoms with Crippen molar-refractivity contribution in [3.8, 4) is 0 Å². The minimum absolute atomic E-state index is 0.0986. The van der Waals surface area contributed by atoms with E-state index in [-0.39, 0.29) is 17.6 Å². The van der Waals surface area contributed by atoms with Crippen molar-refractivity contribution in [3.63, 3.8) is 0 Å². The van der Waals surface area contributed by atoms with Crippen molar-refractivity contribution in [2.45, 2.75) is 25.8 Å². The highest BCUT2D eigenvalue weighted by Crippen LogP contribution is 2.24. The summed E-state index contributed by atoms with van der Waals surface area (Å²) in [5, 5.41) is 6.34. The van der Waals surface area contributed by atoms with Gasteiger partial charge in [0.05, 0.1) is 0 Å². The standard InChI is InChI=1S/C22H23N3O2/c26-21(10-14-25-13-4-11-23-25)24-12-3-7-20(16-24)22(27)19-9-8-17-5-1-2-6-18(17)15-19/h1-2,4-6,8-9,11,13,15,20H,3,7,10,12,14,16H2/t20-/m0/s1. The topological polar surface area (TPSA) is 55.2 Å². The molecule has 0 unspecified atom stereocenters. The van der Waals surface area contributed by atoms with Crippen molar-refractivity contribution in [1.29, 1.82) is 0 Å². The fraction of sp³-hybridized carbons (Fsp3) is 0.318. The van der Waals surface area contributed by atoms with E-state index in [0.29, 0.717) is 19.5 Å². The first-order valence-corrected chi connectivity index (χ1v) is 9.49. The molecule has 3 aromatic rings. The third kappa shape index (κ3) is 3.92. The van der Waals surface area contributed by atoms with Gasteiger partial charge in [0, 0.05) is 49.9 Å². The smallest absolute Gasteiger partial charge is 0.224 e. The molecule has 0 radical (unpaired) electrons. The molecule has 1 aliphatic heterocycles. The monoisotopic (exact) mass is 361 g/mol. The maximum atomic E-state index is 13.0. The van der Waals surface area contributed by atoms with Crippen LogP contribution in [-0.4, -0.2) is 39.5 Å². The quantitative estimate of drug-likeness (QED) is 0.653. The average molecular weight is 361 g/mol. The van der Waals surface area contributed by atoms with Gasteiger partial charge in [0.25, 0.3) is 0 Å². The maximum absolute atomic E-state index is 13.0. The molecular weight excluding hydrogens is 338 g/mol. The Kier molecular flexibility index (Phi) is 5.01. The van der Waals surface area contributed by atoms with Crippen LogP contribution < -0.4 is 0 Å². The Hall–Kier alpha value is -2.95. The molecule has 2 aromatic carbocycles. The predicted molar refractivity (Wildman–Crippen MR) is 104 cm³/mol. The summed E-state index contributed by atoms with van der Waals surface area (Å²) in [4.78, 5) is 27.4. The van der Waals surface area contributed by atoms with E-state index in [1.807, 2.05) is 59.6 Å². The molecule has 0 bridgehead atoms. The molecule has 1 atom stereocenters. The Morgan fingerprint density at radius 3 is 2.74 bits per heavy atom. The van der Waals surface area contributed by atoms with Crippen LogP contribution in [0.5, 0.6) is 0 Å². The number of aromatic nitrogens is 2. The molecule has 2 heterocycles. The molecule has 1 aromatic heterocycles. The van der Waals surface area contributed by atoms with Crippen molar-refractivity contribution in [3.05, 3.63) is 66.5 Å². The molecular formula is C22H23N3O2. The minimum Gasteiger partial charge on any atom is -0.342 e. The van der Waals surface area contributed by atoms with Crippen molar-refractivity contribution in [2.24, 2.45) is 5.92 Å². The zero-order chi connectivity index (χ0) is 18.6. The normalized spacial score (nSPS) is 17.2. The lowest BCUT2D eigenvalue weighted by molar-refractivity contribution is -0.132. The lowest BCUT2D eigenvalue weighted by Gasteiger charge is -2.32. The molecule has 0 spiro atoms. The van der Waals surface area contributed by atoms with Gasteiger partial charge in [-0.2, -0.15) is 5.10 Å². The summed E-state index contributed by atoms with van der Waals surface area (Å²) in [6.45, 7) is 1.83. The average Bonchev–Trinajstić information content (AvgIpc) is 3.25. The number of carbonyl (C=O) groups is 2. The van der Waals surface area contributed by atoms with Crippen LogP contribution in [0.25, 0.3) is 10.8 Å². The first-order chi connectivity index (χ1) is 13.2. The number of ketones is 1. The number of Topliss-reactive ketones (excluding diaryl/α,β-unsaturated/α-hetero) is 1. The highest BCUT2D eigenvalue weighted by atomic mass is 16.2. The van der Waals surface area contributed by atoms with Crippen LogP contribution in [0, 0.1) is 5.92 Å². The van der Waals surface area contributed by atoms with Crippen LogP contribution in [-0.2, 0) is 11.3 Å². The molecule has 0 saturated carbocycles. The summed E-state index contributed by atoms with van der Waals surface area (Å²) in [5.74, 6) is 0.125. The van der Waals surface area contributed by atoms with Gasteiger partial charge in [-0.25, -0.2) is 0 Å². The zero-order valence-electron chi connectivity index (χ0n) is 15.3. The number of rotatable bonds is 5. The van der Waals surface area contributed by atoms with Crippen LogP contribution in [0.4, 0.5) is 0 Å². The van der Waals surface area contributed by atoms with Crippen LogP contribution in [0.3, 0.4) is 0 Å². The molecule has 27 heavy (non-hydrogen) atoms. The second-order valence-corrected chi connectivity index (χ2v) is 7.12. The Bertz CT molecular complexity index is 949. The van der Waals surface area contributed by atoms with Crippen LogP contribution >= 0.6 is 0 Å². The van der Waals surface area contributed by atoms with Gasteiger partial charge in [-0.05, 0) is 35.7 Å². The van der Waals surface area contributed by atoms with Gasteiger partial charge in [0.15, 0.2) is 5.78 Å². The lowest BCUT2D eigenvalue weighted by atomic mass is 9.89. The lowest BCUT2D eigenvalue weighted by Crippen LogP contribution is -2.42. The fourth-order valence-corrected chi connectivity index (χ4v) is 3.80. The van der Waals surface area contributed by atoms with Crippen LogP contribution in [0.1, 0.15) is 29.6 Å². The third-order valence-electron chi connectivity index (χ3n) is 5.29. The number of hydrogen-bond donors (Lipinski definition) is 0. The van der Waals surface area contributed by atoms with E-state index in [1.54, 1.807) is 10.9 Å². The molecule has 0 N–H and O–H groups in total. The number of fused-ring (bicyclic) bond motifs is 1. The van der Waals surface area contributed by atoms with Crippen molar-refractivity contribution >= 4 is 22.5 Å². The number of piperidine rings is 1. The molecule has 138 valence electrons. The number of nitrogens with zero attached hydrogens (tertiary/aromatic N) is 3. The Morgan fingerprint density at radius 2 is 1.93 bits per heavy atom. The maximum Gasteiger partial charge on any atom is 0.224 e. The number of amides is 1. The second-order valence-electron chi connectivity index (χ2n) is 7.12. The summed E-state index contributed by atoms with van der Waals surface area (Å²) < 4.78 is 1.76. The van der Waals surface area contributed by atoms with Gasteiger partial charge < -0.3 is 4.90 Å². The van der Waals surface area contributed by atoms with E-state index in [0.717, 1.165) is 35.7 Å². The summed E-state index contributed by atoms with van der Waals surface area (Å²) >= 11 is 0. The van der Waals surface area contributed by atoms with E-state index in [1.165, 1.54) is 0 Å². The van der Waals surface area contributed by atoms with Crippen LogP contribution in [0.2, 0.25) is 0 Å². The molecule has 1 aliphatic rings. The van der Waals surface area contributed by atoms with Crippen LogP contribution in [0.15, 0.2) is 60.9 Å².